The molecule has 2 aromatic rings. The first kappa shape index (κ1) is 17.3. The fraction of sp³-hybridized carbons (Fsp3) is 0.200. The first-order chi connectivity index (χ1) is 13.0. The van der Waals surface area contributed by atoms with Crippen molar-refractivity contribution >= 4 is 27.1 Å². The summed E-state index contributed by atoms with van der Waals surface area (Å²) in [6.45, 7) is 2.78. The van der Waals surface area contributed by atoms with E-state index in [1.807, 2.05) is 36.2 Å². The summed E-state index contributed by atoms with van der Waals surface area (Å²) in [4.78, 5) is 4.14. The molecular formula is C20H18N4O2S. The Morgan fingerprint density at radius 2 is 1.78 bits per heavy atom. The van der Waals surface area contributed by atoms with Crippen LogP contribution in [0.2, 0.25) is 0 Å². The monoisotopic (exact) mass is 378 g/mol. The largest absolute Gasteiger partial charge is 0.328 e. The molecule has 136 valence electrons. The summed E-state index contributed by atoms with van der Waals surface area (Å²) in [5, 5.41) is 9.99. The predicted molar refractivity (Wildman–Crippen MR) is 105 cm³/mol. The second-order valence-electron chi connectivity index (χ2n) is 6.42. The standard InChI is InChI=1S/C20H18N4O2S/c1-3-12-24-17-10-6-5-9-16(17)23(2)20(24)15(13-21)19-14-8-4-7-11-18(14)27(25,26)22-19/h4-11H,3,12H2,1-2H3/b20-15-. The average Bonchev–Trinajstić information content (AvgIpc) is 3.10. The average molecular weight is 378 g/mol. The number of anilines is 2. The number of fused-ring (bicyclic) bond motifs is 2. The molecule has 0 bridgehead atoms. The minimum atomic E-state index is -3.79. The van der Waals surface area contributed by atoms with Crippen LogP contribution in [0.3, 0.4) is 0 Å². The lowest BCUT2D eigenvalue weighted by Crippen LogP contribution is -2.29. The maximum atomic E-state index is 12.5. The Morgan fingerprint density at radius 1 is 1.11 bits per heavy atom. The van der Waals surface area contributed by atoms with Crippen LogP contribution in [-0.4, -0.2) is 27.7 Å². The molecule has 0 aromatic heterocycles. The van der Waals surface area contributed by atoms with Gasteiger partial charge in [0.2, 0.25) is 0 Å². The molecule has 0 aliphatic carbocycles. The molecule has 27 heavy (non-hydrogen) atoms. The van der Waals surface area contributed by atoms with E-state index >= 15 is 0 Å². The van der Waals surface area contributed by atoms with Crippen molar-refractivity contribution in [3.8, 4) is 6.07 Å². The molecule has 0 atom stereocenters. The lowest BCUT2D eigenvalue weighted by Gasteiger charge is -2.24. The van der Waals surface area contributed by atoms with Gasteiger partial charge in [0.1, 0.15) is 23.2 Å². The molecule has 0 radical (unpaired) electrons. The van der Waals surface area contributed by atoms with Crippen LogP contribution in [-0.2, 0) is 10.0 Å². The van der Waals surface area contributed by atoms with Crippen molar-refractivity contribution < 1.29 is 8.42 Å². The minimum Gasteiger partial charge on any atom is -0.328 e. The zero-order valence-corrected chi connectivity index (χ0v) is 15.9. The highest BCUT2D eigenvalue weighted by atomic mass is 32.2. The van der Waals surface area contributed by atoms with Gasteiger partial charge in [0.25, 0.3) is 10.0 Å². The summed E-state index contributed by atoms with van der Waals surface area (Å²) < 4.78 is 28.9. The van der Waals surface area contributed by atoms with E-state index in [1.165, 1.54) is 6.07 Å². The quantitative estimate of drug-likeness (QED) is 0.766. The minimum absolute atomic E-state index is 0.147. The molecule has 0 saturated heterocycles. The van der Waals surface area contributed by atoms with Gasteiger partial charge in [0.05, 0.1) is 16.3 Å². The highest BCUT2D eigenvalue weighted by Gasteiger charge is 2.37. The van der Waals surface area contributed by atoms with Crippen LogP contribution >= 0.6 is 0 Å². The van der Waals surface area contributed by atoms with E-state index in [4.69, 9.17) is 0 Å². The van der Waals surface area contributed by atoms with Crippen molar-refractivity contribution in [2.45, 2.75) is 18.2 Å². The Balaban J connectivity index is 1.98. The van der Waals surface area contributed by atoms with Crippen LogP contribution in [0, 0.1) is 11.3 Å². The van der Waals surface area contributed by atoms with E-state index in [1.54, 1.807) is 18.2 Å². The number of benzene rings is 2. The van der Waals surface area contributed by atoms with Gasteiger partial charge in [-0.3, -0.25) is 0 Å². The topological polar surface area (TPSA) is 76.8 Å². The van der Waals surface area contributed by atoms with Crippen molar-refractivity contribution in [3.63, 3.8) is 0 Å². The molecule has 0 fully saturated rings. The molecule has 2 heterocycles. The molecule has 2 aromatic carbocycles. The van der Waals surface area contributed by atoms with Crippen LogP contribution < -0.4 is 9.80 Å². The maximum Gasteiger partial charge on any atom is 0.283 e. The third-order valence-corrected chi connectivity index (χ3v) is 6.09. The molecule has 6 nitrogen and oxygen atoms in total. The third-order valence-electron chi connectivity index (χ3n) is 4.76. The molecular weight excluding hydrogens is 360 g/mol. The van der Waals surface area contributed by atoms with Gasteiger partial charge in [-0.25, -0.2) is 0 Å². The highest BCUT2D eigenvalue weighted by Crippen LogP contribution is 2.42. The van der Waals surface area contributed by atoms with Gasteiger partial charge >= 0.3 is 0 Å². The third kappa shape index (κ3) is 2.53. The second kappa shape index (κ2) is 6.25. The molecule has 2 aliphatic rings. The van der Waals surface area contributed by atoms with Crippen molar-refractivity contribution in [3.05, 3.63) is 65.5 Å². The van der Waals surface area contributed by atoms with Crippen molar-refractivity contribution in [1.82, 2.24) is 0 Å². The van der Waals surface area contributed by atoms with E-state index < -0.39 is 10.0 Å². The smallest absolute Gasteiger partial charge is 0.283 e. The Kier molecular flexibility index (Phi) is 4.01. The number of nitrogens with zero attached hydrogens (tertiary/aromatic N) is 4. The van der Waals surface area contributed by atoms with Crippen LogP contribution in [0.25, 0.3) is 0 Å². The number of para-hydroxylation sites is 2. The Hall–Kier alpha value is -3.11. The fourth-order valence-electron chi connectivity index (χ4n) is 3.63. The van der Waals surface area contributed by atoms with Crippen molar-refractivity contribution in [2.75, 3.05) is 23.4 Å². The lowest BCUT2D eigenvalue weighted by molar-refractivity contribution is 0.599. The van der Waals surface area contributed by atoms with E-state index in [9.17, 15) is 13.7 Å². The summed E-state index contributed by atoms with van der Waals surface area (Å²) >= 11 is 0. The SMILES string of the molecule is CCCN1/C(=C(/C#N)C2=NS(=O)(=O)c3ccccc32)N(C)c2ccccc21. The molecule has 0 unspecified atom stereocenters. The number of allylic oxidation sites excluding steroid dienone is 1. The summed E-state index contributed by atoms with van der Waals surface area (Å²) in [5.41, 5.74) is 2.92. The van der Waals surface area contributed by atoms with Gasteiger partial charge in [0, 0.05) is 19.2 Å². The number of hydrogen-bond acceptors (Lipinski definition) is 5. The first-order valence-electron chi connectivity index (χ1n) is 8.69. The van der Waals surface area contributed by atoms with E-state index in [0.717, 1.165) is 17.8 Å². The second-order valence-corrected chi connectivity index (χ2v) is 7.99. The number of hydrogen-bond donors (Lipinski definition) is 0. The molecule has 0 spiro atoms. The van der Waals surface area contributed by atoms with Crippen molar-refractivity contribution in [1.29, 1.82) is 5.26 Å². The van der Waals surface area contributed by atoms with Crippen LogP contribution in [0.5, 0.6) is 0 Å². The Bertz CT molecular complexity index is 1140. The highest BCUT2D eigenvalue weighted by molar-refractivity contribution is 7.90. The van der Waals surface area contributed by atoms with Crippen LogP contribution in [0.1, 0.15) is 18.9 Å². The predicted octanol–water partition coefficient (Wildman–Crippen LogP) is 3.28. The van der Waals surface area contributed by atoms with Crippen LogP contribution in [0.4, 0.5) is 11.4 Å². The first-order valence-corrected chi connectivity index (χ1v) is 10.1. The van der Waals surface area contributed by atoms with Crippen molar-refractivity contribution in [2.24, 2.45) is 4.40 Å². The molecule has 4 rings (SSSR count). The summed E-state index contributed by atoms with van der Waals surface area (Å²) in [6, 6.07) is 16.8. The zero-order chi connectivity index (χ0) is 19.2. The van der Waals surface area contributed by atoms with Crippen LogP contribution in [0.15, 0.2) is 69.2 Å². The van der Waals surface area contributed by atoms with Gasteiger partial charge in [-0.15, -0.1) is 0 Å². The molecule has 7 heteroatoms. The van der Waals surface area contributed by atoms with Gasteiger partial charge in [-0.1, -0.05) is 37.3 Å². The van der Waals surface area contributed by atoms with E-state index in [2.05, 4.69) is 22.3 Å². The van der Waals surface area contributed by atoms with Gasteiger partial charge in [-0.05, 0) is 24.6 Å². The van der Waals surface area contributed by atoms with Gasteiger partial charge in [-0.2, -0.15) is 18.1 Å². The van der Waals surface area contributed by atoms with Gasteiger partial charge in [0.15, 0.2) is 0 Å². The lowest BCUT2D eigenvalue weighted by atomic mass is 10.0. The molecule has 0 amide bonds. The summed E-state index contributed by atoms with van der Waals surface area (Å²) in [5.74, 6) is 0.659. The van der Waals surface area contributed by atoms with Gasteiger partial charge < -0.3 is 9.80 Å². The van der Waals surface area contributed by atoms with E-state index in [-0.39, 0.29) is 16.2 Å². The molecule has 2 aliphatic heterocycles. The fourth-order valence-corrected chi connectivity index (χ4v) is 4.85. The number of sulfonamides is 1. The normalized spacial score (nSPS) is 18.6. The maximum absolute atomic E-state index is 12.5. The zero-order valence-electron chi connectivity index (χ0n) is 15.0. The number of rotatable bonds is 3. The molecule has 0 N–H and O–H groups in total. The summed E-state index contributed by atoms with van der Waals surface area (Å²) in [6.07, 6.45) is 0.881. The Morgan fingerprint density at radius 3 is 2.48 bits per heavy atom. The summed E-state index contributed by atoms with van der Waals surface area (Å²) in [7, 11) is -1.90. The molecule has 0 saturated carbocycles. The Labute approximate surface area is 158 Å². The number of nitriles is 1. The van der Waals surface area contributed by atoms with E-state index in [0.29, 0.717) is 17.9 Å².